The molecule has 2 heterocycles. The van der Waals surface area contributed by atoms with Crippen LogP contribution in [-0.2, 0) is 0 Å². The highest BCUT2D eigenvalue weighted by molar-refractivity contribution is 5.39. The summed E-state index contributed by atoms with van der Waals surface area (Å²) in [6, 6.07) is 3.09. The lowest BCUT2D eigenvalue weighted by Gasteiger charge is -2.22. The Balaban J connectivity index is 2.01. The monoisotopic (exact) mass is 238 g/mol. The first-order valence-corrected chi connectivity index (χ1v) is 6.09. The molecule has 0 aliphatic carbocycles. The molecule has 0 unspecified atom stereocenters. The zero-order chi connectivity index (χ0) is 12.1. The van der Waals surface area contributed by atoms with E-state index in [0.29, 0.717) is 12.4 Å². The van der Waals surface area contributed by atoms with Crippen molar-refractivity contribution in [1.29, 1.82) is 0 Å². The molecule has 0 amide bonds. The molecular formula is C12H19FN4. The van der Waals surface area contributed by atoms with Crippen LogP contribution in [0.2, 0.25) is 0 Å². The van der Waals surface area contributed by atoms with Gasteiger partial charge in [-0.3, -0.25) is 0 Å². The predicted octanol–water partition coefficient (Wildman–Crippen LogP) is 0.691. The summed E-state index contributed by atoms with van der Waals surface area (Å²) in [5, 5.41) is 0. The van der Waals surface area contributed by atoms with Crippen LogP contribution in [0.25, 0.3) is 0 Å². The minimum absolute atomic E-state index is 0.236. The van der Waals surface area contributed by atoms with Crippen molar-refractivity contribution in [3.8, 4) is 0 Å². The van der Waals surface area contributed by atoms with Gasteiger partial charge in [-0.2, -0.15) is 0 Å². The van der Waals surface area contributed by atoms with E-state index >= 15 is 0 Å². The van der Waals surface area contributed by atoms with Gasteiger partial charge in [0.1, 0.15) is 0 Å². The lowest BCUT2D eigenvalue weighted by Crippen LogP contribution is -2.34. The maximum Gasteiger partial charge on any atom is 0.165 e. The van der Waals surface area contributed by atoms with E-state index in [0.717, 1.165) is 39.1 Å². The topological polar surface area (TPSA) is 45.4 Å². The van der Waals surface area contributed by atoms with Gasteiger partial charge in [-0.15, -0.1) is 0 Å². The minimum Gasteiger partial charge on any atom is -0.353 e. The Bertz CT molecular complexity index is 358. The van der Waals surface area contributed by atoms with Crippen molar-refractivity contribution >= 4 is 5.82 Å². The molecule has 0 radical (unpaired) electrons. The SMILES string of the molecule is NCCN1CCCN(c2ncccc2F)CC1. The van der Waals surface area contributed by atoms with Gasteiger partial charge in [0, 0.05) is 38.9 Å². The Morgan fingerprint density at radius 2 is 2.18 bits per heavy atom. The number of pyridine rings is 1. The first-order valence-electron chi connectivity index (χ1n) is 6.09. The number of hydrogen-bond acceptors (Lipinski definition) is 4. The number of aromatic nitrogens is 1. The van der Waals surface area contributed by atoms with Crippen LogP contribution in [0.5, 0.6) is 0 Å². The van der Waals surface area contributed by atoms with Crippen molar-refractivity contribution in [2.45, 2.75) is 6.42 Å². The Hall–Kier alpha value is -1.20. The Morgan fingerprint density at radius 1 is 1.29 bits per heavy atom. The number of nitrogens with zero attached hydrogens (tertiary/aromatic N) is 3. The van der Waals surface area contributed by atoms with Crippen molar-refractivity contribution in [2.24, 2.45) is 5.73 Å². The zero-order valence-corrected chi connectivity index (χ0v) is 9.98. The quantitative estimate of drug-likeness (QED) is 0.841. The summed E-state index contributed by atoms with van der Waals surface area (Å²) >= 11 is 0. The summed E-state index contributed by atoms with van der Waals surface area (Å²) < 4.78 is 13.6. The summed E-state index contributed by atoms with van der Waals surface area (Å²) in [6.07, 6.45) is 2.66. The second-order valence-corrected chi connectivity index (χ2v) is 4.28. The maximum absolute atomic E-state index is 13.6. The van der Waals surface area contributed by atoms with E-state index in [1.54, 1.807) is 12.3 Å². The van der Waals surface area contributed by atoms with Gasteiger partial charge in [0.2, 0.25) is 0 Å². The van der Waals surface area contributed by atoms with E-state index < -0.39 is 0 Å². The van der Waals surface area contributed by atoms with Crippen LogP contribution in [0.3, 0.4) is 0 Å². The van der Waals surface area contributed by atoms with E-state index in [-0.39, 0.29) is 5.82 Å². The zero-order valence-electron chi connectivity index (χ0n) is 9.98. The van der Waals surface area contributed by atoms with Crippen LogP contribution in [0.15, 0.2) is 18.3 Å². The summed E-state index contributed by atoms with van der Waals surface area (Å²) in [5.74, 6) is 0.238. The molecular weight excluding hydrogens is 219 g/mol. The van der Waals surface area contributed by atoms with E-state index in [2.05, 4.69) is 9.88 Å². The molecule has 4 nitrogen and oxygen atoms in total. The largest absolute Gasteiger partial charge is 0.353 e. The maximum atomic E-state index is 13.6. The van der Waals surface area contributed by atoms with Gasteiger partial charge < -0.3 is 15.5 Å². The average Bonchev–Trinajstić information content (AvgIpc) is 2.56. The van der Waals surface area contributed by atoms with Gasteiger partial charge >= 0.3 is 0 Å². The van der Waals surface area contributed by atoms with Crippen LogP contribution in [0, 0.1) is 5.82 Å². The Morgan fingerprint density at radius 3 is 2.94 bits per heavy atom. The Labute approximate surface area is 101 Å². The fourth-order valence-corrected chi connectivity index (χ4v) is 2.20. The third-order valence-electron chi connectivity index (χ3n) is 3.07. The lowest BCUT2D eigenvalue weighted by molar-refractivity contribution is 0.302. The van der Waals surface area contributed by atoms with E-state index in [4.69, 9.17) is 5.73 Å². The molecule has 1 aliphatic rings. The standard InChI is InChI=1S/C12H19FN4/c13-11-3-1-5-15-12(11)17-7-2-6-16(8-4-14)9-10-17/h1,3,5H,2,4,6-10,14H2. The molecule has 0 saturated carbocycles. The number of nitrogens with two attached hydrogens (primary N) is 1. The Kier molecular flexibility index (Phi) is 4.28. The molecule has 2 rings (SSSR count). The lowest BCUT2D eigenvalue weighted by atomic mass is 10.3. The molecule has 2 N–H and O–H groups in total. The number of hydrogen-bond donors (Lipinski definition) is 1. The van der Waals surface area contributed by atoms with E-state index in [1.165, 1.54) is 6.07 Å². The average molecular weight is 238 g/mol. The fraction of sp³-hybridized carbons (Fsp3) is 0.583. The molecule has 0 bridgehead atoms. The number of halogens is 1. The molecule has 1 aliphatic heterocycles. The van der Waals surface area contributed by atoms with E-state index in [1.807, 2.05) is 4.90 Å². The van der Waals surface area contributed by atoms with Crippen LogP contribution in [0.4, 0.5) is 10.2 Å². The highest BCUT2D eigenvalue weighted by Crippen LogP contribution is 2.16. The fourth-order valence-electron chi connectivity index (χ4n) is 2.20. The second kappa shape index (κ2) is 5.93. The number of rotatable bonds is 3. The van der Waals surface area contributed by atoms with Gasteiger partial charge in [0.15, 0.2) is 11.6 Å². The summed E-state index contributed by atoms with van der Waals surface area (Å²) in [5.41, 5.74) is 5.55. The summed E-state index contributed by atoms with van der Waals surface area (Å²) in [7, 11) is 0. The van der Waals surface area contributed by atoms with Crippen LogP contribution in [0.1, 0.15) is 6.42 Å². The number of anilines is 1. The smallest absolute Gasteiger partial charge is 0.165 e. The molecule has 5 heteroatoms. The van der Waals surface area contributed by atoms with Crippen molar-refractivity contribution in [1.82, 2.24) is 9.88 Å². The molecule has 1 aromatic rings. The molecule has 17 heavy (non-hydrogen) atoms. The second-order valence-electron chi connectivity index (χ2n) is 4.28. The first-order chi connectivity index (χ1) is 8.31. The van der Waals surface area contributed by atoms with Crippen LogP contribution < -0.4 is 10.6 Å². The summed E-state index contributed by atoms with van der Waals surface area (Å²) in [4.78, 5) is 8.46. The van der Waals surface area contributed by atoms with Gasteiger partial charge in [0.25, 0.3) is 0 Å². The normalized spacial score (nSPS) is 18.1. The van der Waals surface area contributed by atoms with Gasteiger partial charge in [-0.1, -0.05) is 0 Å². The van der Waals surface area contributed by atoms with E-state index in [9.17, 15) is 4.39 Å². The predicted molar refractivity (Wildman–Crippen MR) is 66.5 cm³/mol. The highest BCUT2D eigenvalue weighted by Gasteiger charge is 2.17. The molecule has 1 saturated heterocycles. The van der Waals surface area contributed by atoms with Crippen molar-refractivity contribution < 1.29 is 4.39 Å². The van der Waals surface area contributed by atoms with Crippen molar-refractivity contribution in [3.05, 3.63) is 24.1 Å². The van der Waals surface area contributed by atoms with Crippen molar-refractivity contribution in [2.75, 3.05) is 44.2 Å². The molecule has 1 aromatic heterocycles. The van der Waals surface area contributed by atoms with Gasteiger partial charge in [0.05, 0.1) is 0 Å². The van der Waals surface area contributed by atoms with Gasteiger partial charge in [-0.25, -0.2) is 9.37 Å². The molecule has 0 atom stereocenters. The molecule has 94 valence electrons. The van der Waals surface area contributed by atoms with Gasteiger partial charge in [-0.05, 0) is 25.1 Å². The van der Waals surface area contributed by atoms with Crippen LogP contribution >= 0.6 is 0 Å². The first kappa shape index (κ1) is 12.3. The summed E-state index contributed by atoms with van der Waals surface area (Å²) in [6.45, 7) is 5.22. The van der Waals surface area contributed by atoms with Crippen molar-refractivity contribution in [3.63, 3.8) is 0 Å². The van der Waals surface area contributed by atoms with Crippen LogP contribution in [-0.4, -0.2) is 49.2 Å². The molecule has 1 fully saturated rings. The minimum atomic E-state index is -0.236. The third kappa shape index (κ3) is 3.14. The molecule has 0 spiro atoms. The third-order valence-corrected chi connectivity index (χ3v) is 3.07. The molecule has 0 aromatic carbocycles. The highest BCUT2D eigenvalue weighted by atomic mass is 19.1.